The standard InChI is InChI=1S/C18H26N6O/c1-13-9-14(2)24(19-13)15-5-8-22(12-15)18(25)17-10-16-11-21(3)6-4-7-23(16)20-17/h9-10,15H,4-8,11-12H2,1-3H3. The van der Waals surface area contributed by atoms with Crippen molar-refractivity contribution in [2.75, 3.05) is 26.7 Å². The van der Waals surface area contributed by atoms with Gasteiger partial charge in [0.2, 0.25) is 0 Å². The van der Waals surface area contributed by atoms with Crippen molar-refractivity contribution >= 4 is 5.91 Å². The molecule has 0 radical (unpaired) electrons. The fraction of sp³-hybridized carbons (Fsp3) is 0.611. The molecule has 0 aliphatic carbocycles. The Morgan fingerprint density at radius 3 is 2.76 bits per heavy atom. The summed E-state index contributed by atoms with van der Waals surface area (Å²) in [4.78, 5) is 17.1. The van der Waals surface area contributed by atoms with E-state index in [9.17, 15) is 4.79 Å². The van der Waals surface area contributed by atoms with E-state index in [1.165, 1.54) is 0 Å². The highest BCUT2D eigenvalue weighted by Gasteiger charge is 2.31. The fourth-order valence-electron chi connectivity index (χ4n) is 4.03. The van der Waals surface area contributed by atoms with Gasteiger partial charge in [-0.3, -0.25) is 14.2 Å². The third-order valence-electron chi connectivity index (χ3n) is 5.27. The number of rotatable bonds is 2. The molecular formula is C18H26N6O. The predicted octanol–water partition coefficient (Wildman–Crippen LogP) is 1.62. The van der Waals surface area contributed by atoms with Gasteiger partial charge in [0.15, 0.2) is 5.69 Å². The number of fused-ring (bicyclic) bond motifs is 1. The quantitative estimate of drug-likeness (QED) is 0.832. The summed E-state index contributed by atoms with van der Waals surface area (Å²) in [6.45, 7) is 8.38. The second-order valence-electron chi connectivity index (χ2n) is 7.40. The highest BCUT2D eigenvalue weighted by molar-refractivity contribution is 5.92. The van der Waals surface area contributed by atoms with Gasteiger partial charge in [-0.2, -0.15) is 10.2 Å². The van der Waals surface area contributed by atoms with Crippen LogP contribution in [0.2, 0.25) is 0 Å². The van der Waals surface area contributed by atoms with Crippen molar-refractivity contribution in [3.05, 3.63) is 34.9 Å². The number of carbonyl (C=O) groups is 1. The summed E-state index contributed by atoms with van der Waals surface area (Å²) in [5, 5.41) is 9.17. The summed E-state index contributed by atoms with van der Waals surface area (Å²) in [5.41, 5.74) is 3.91. The van der Waals surface area contributed by atoms with E-state index in [1.807, 2.05) is 22.6 Å². The Labute approximate surface area is 148 Å². The topological polar surface area (TPSA) is 59.2 Å². The molecule has 2 aliphatic heterocycles. The van der Waals surface area contributed by atoms with E-state index in [0.717, 1.165) is 56.1 Å². The lowest BCUT2D eigenvalue weighted by Crippen LogP contribution is -2.30. The van der Waals surface area contributed by atoms with Crippen LogP contribution in [-0.2, 0) is 13.1 Å². The van der Waals surface area contributed by atoms with Gasteiger partial charge >= 0.3 is 0 Å². The van der Waals surface area contributed by atoms with E-state index in [4.69, 9.17) is 0 Å². The number of aryl methyl sites for hydroxylation is 3. The predicted molar refractivity (Wildman–Crippen MR) is 94.4 cm³/mol. The SMILES string of the molecule is Cc1cc(C)n(C2CCN(C(=O)c3cc4n(n3)CCCN(C)C4)C2)n1. The first-order valence-electron chi connectivity index (χ1n) is 9.08. The Hall–Kier alpha value is -2.15. The van der Waals surface area contributed by atoms with Crippen LogP contribution < -0.4 is 0 Å². The lowest BCUT2D eigenvalue weighted by Gasteiger charge is -2.16. The molecule has 4 rings (SSSR count). The van der Waals surface area contributed by atoms with E-state index < -0.39 is 0 Å². The molecule has 134 valence electrons. The van der Waals surface area contributed by atoms with Crippen LogP contribution in [-0.4, -0.2) is 61.9 Å². The first-order valence-corrected chi connectivity index (χ1v) is 9.08. The lowest BCUT2D eigenvalue weighted by atomic mass is 10.2. The van der Waals surface area contributed by atoms with Gasteiger partial charge in [-0.1, -0.05) is 0 Å². The Morgan fingerprint density at radius 1 is 1.16 bits per heavy atom. The molecule has 0 spiro atoms. The van der Waals surface area contributed by atoms with Crippen LogP contribution in [0.1, 0.15) is 46.5 Å². The third-order valence-corrected chi connectivity index (χ3v) is 5.27. The maximum Gasteiger partial charge on any atom is 0.274 e. The van der Waals surface area contributed by atoms with Gasteiger partial charge in [-0.05, 0) is 45.9 Å². The van der Waals surface area contributed by atoms with Gasteiger partial charge in [0, 0.05) is 38.4 Å². The van der Waals surface area contributed by atoms with Crippen LogP contribution in [0.5, 0.6) is 0 Å². The number of aromatic nitrogens is 4. The van der Waals surface area contributed by atoms with E-state index in [-0.39, 0.29) is 11.9 Å². The summed E-state index contributed by atoms with van der Waals surface area (Å²) in [6.07, 6.45) is 2.02. The fourth-order valence-corrected chi connectivity index (χ4v) is 4.03. The first-order chi connectivity index (χ1) is 12.0. The van der Waals surface area contributed by atoms with E-state index in [1.54, 1.807) is 0 Å². The summed E-state index contributed by atoms with van der Waals surface area (Å²) in [5.74, 6) is 0.0484. The number of carbonyl (C=O) groups excluding carboxylic acids is 1. The zero-order valence-corrected chi connectivity index (χ0v) is 15.3. The largest absolute Gasteiger partial charge is 0.335 e. The third kappa shape index (κ3) is 3.08. The van der Waals surface area contributed by atoms with E-state index in [2.05, 4.69) is 39.8 Å². The molecule has 25 heavy (non-hydrogen) atoms. The van der Waals surface area contributed by atoms with Gasteiger partial charge in [0.1, 0.15) is 0 Å². The van der Waals surface area contributed by atoms with Crippen molar-refractivity contribution in [1.29, 1.82) is 0 Å². The van der Waals surface area contributed by atoms with Crippen molar-refractivity contribution in [3.63, 3.8) is 0 Å². The summed E-state index contributed by atoms with van der Waals surface area (Å²) in [7, 11) is 2.11. The average Bonchev–Trinajstić information content (AvgIpc) is 3.24. The minimum atomic E-state index is 0.0484. The zero-order valence-electron chi connectivity index (χ0n) is 15.3. The molecule has 4 heterocycles. The molecule has 0 saturated carbocycles. The van der Waals surface area contributed by atoms with Gasteiger partial charge in [-0.25, -0.2) is 0 Å². The monoisotopic (exact) mass is 342 g/mol. The summed E-state index contributed by atoms with van der Waals surface area (Å²) >= 11 is 0. The Morgan fingerprint density at radius 2 is 2.00 bits per heavy atom. The Bertz CT molecular complexity index is 792. The van der Waals surface area contributed by atoms with Crippen LogP contribution in [0, 0.1) is 13.8 Å². The number of hydrogen-bond acceptors (Lipinski definition) is 4. The van der Waals surface area contributed by atoms with Crippen molar-refractivity contribution in [2.24, 2.45) is 0 Å². The van der Waals surface area contributed by atoms with Crippen molar-refractivity contribution < 1.29 is 4.79 Å². The van der Waals surface area contributed by atoms with Crippen LogP contribution >= 0.6 is 0 Å². The molecule has 1 fully saturated rings. The molecular weight excluding hydrogens is 316 g/mol. The van der Waals surface area contributed by atoms with Gasteiger partial charge < -0.3 is 9.80 Å². The van der Waals surface area contributed by atoms with Crippen molar-refractivity contribution in [2.45, 2.75) is 45.8 Å². The summed E-state index contributed by atoms with van der Waals surface area (Å²) < 4.78 is 4.07. The highest BCUT2D eigenvalue weighted by Crippen LogP contribution is 2.24. The van der Waals surface area contributed by atoms with Gasteiger partial charge in [-0.15, -0.1) is 0 Å². The molecule has 2 aliphatic rings. The Kier molecular flexibility index (Phi) is 4.11. The Balaban J connectivity index is 1.49. The number of likely N-dealkylation sites (tertiary alicyclic amines) is 1. The molecule has 0 N–H and O–H groups in total. The molecule has 1 atom stereocenters. The zero-order chi connectivity index (χ0) is 17.6. The second-order valence-corrected chi connectivity index (χ2v) is 7.40. The maximum atomic E-state index is 12.9. The highest BCUT2D eigenvalue weighted by atomic mass is 16.2. The molecule has 0 aromatic carbocycles. The molecule has 2 aromatic heterocycles. The van der Waals surface area contributed by atoms with E-state index in [0.29, 0.717) is 12.2 Å². The van der Waals surface area contributed by atoms with Crippen molar-refractivity contribution in [3.8, 4) is 0 Å². The van der Waals surface area contributed by atoms with Crippen molar-refractivity contribution in [1.82, 2.24) is 29.4 Å². The normalized spacial score (nSPS) is 21.4. The minimum Gasteiger partial charge on any atom is -0.335 e. The van der Waals surface area contributed by atoms with E-state index >= 15 is 0 Å². The summed E-state index contributed by atoms with van der Waals surface area (Å²) in [6, 6.07) is 4.33. The molecule has 1 unspecified atom stereocenters. The first kappa shape index (κ1) is 16.3. The average molecular weight is 342 g/mol. The second kappa shape index (κ2) is 6.29. The lowest BCUT2D eigenvalue weighted by molar-refractivity contribution is 0.0780. The molecule has 2 aromatic rings. The van der Waals surface area contributed by atoms with Crippen LogP contribution in [0.3, 0.4) is 0 Å². The minimum absolute atomic E-state index is 0.0484. The van der Waals surface area contributed by atoms with Crippen LogP contribution in [0.25, 0.3) is 0 Å². The molecule has 7 heteroatoms. The molecule has 1 saturated heterocycles. The maximum absolute atomic E-state index is 12.9. The molecule has 7 nitrogen and oxygen atoms in total. The van der Waals surface area contributed by atoms with Crippen LogP contribution in [0.15, 0.2) is 12.1 Å². The molecule has 1 amide bonds. The number of hydrogen-bond donors (Lipinski definition) is 0. The number of amides is 1. The molecule has 0 bridgehead atoms. The smallest absolute Gasteiger partial charge is 0.274 e. The van der Waals surface area contributed by atoms with Gasteiger partial charge in [0.05, 0.1) is 17.4 Å². The van der Waals surface area contributed by atoms with Gasteiger partial charge in [0.25, 0.3) is 5.91 Å². The van der Waals surface area contributed by atoms with Crippen LogP contribution in [0.4, 0.5) is 0 Å². The number of nitrogens with zero attached hydrogens (tertiary/aromatic N) is 6.